The summed E-state index contributed by atoms with van der Waals surface area (Å²) in [4.78, 5) is 2.36. The van der Waals surface area contributed by atoms with Gasteiger partial charge >= 0.3 is 0 Å². The molecule has 10 aromatic carbocycles. The lowest BCUT2D eigenvalue weighted by atomic mass is 9.94. The van der Waals surface area contributed by atoms with Crippen LogP contribution in [0.4, 0.5) is 17.1 Å². The van der Waals surface area contributed by atoms with E-state index >= 15 is 0 Å². The first-order chi connectivity index (χ1) is 29.6. The summed E-state index contributed by atoms with van der Waals surface area (Å²) in [5, 5.41) is 9.83. The first-order valence-corrected chi connectivity index (χ1v) is 21.3. The quantitative estimate of drug-likeness (QED) is 0.167. The minimum atomic E-state index is 0.912. The van der Waals surface area contributed by atoms with E-state index in [9.17, 15) is 0 Å². The van der Waals surface area contributed by atoms with Crippen molar-refractivity contribution in [2.24, 2.45) is 0 Å². The van der Waals surface area contributed by atoms with Crippen molar-refractivity contribution < 1.29 is 4.42 Å². The molecule has 0 bridgehead atoms. The highest BCUT2D eigenvalue weighted by Crippen LogP contribution is 2.44. The highest BCUT2D eigenvalue weighted by atomic mass is 32.1. The molecule has 0 aliphatic carbocycles. The van der Waals surface area contributed by atoms with Crippen LogP contribution in [0.2, 0.25) is 0 Å². The van der Waals surface area contributed by atoms with Crippen LogP contribution in [-0.2, 0) is 0 Å². The van der Waals surface area contributed by atoms with Gasteiger partial charge in [0.05, 0.1) is 0 Å². The standard InChI is InChI=1S/C57H37NOS/c1-36-21-29-41(30-22-36)58(42-31-27-39(28-32-42)50-34-52-46-15-6-8-19-54(46)59-56(52)48-17-4-2-13-44(48)50)43-12-10-11-40(33-43)37-23-25-38(26-24-37)51-35-53-47-16-7-9-20-55(47)60-57(53)49-18-5-3-14-45(49)51/h2-35H,1H3. The van der Waals surface area contributed by atoms with Crippen LogP contribution in [0, 0.1) is 6.92 Å². The molecule has 0 saturated carbocycles. The van der Waals surface area contributed by atoms with Crippen molar-refractivity contribution in [1.82, 2.24) is 0 Å². The second-order valence-electron chi connectivity index (χ2n) is 15.7. The summed E-state index contributed by atoms with van der Waals surface area (Å²) in [6.07, 6.45) is 0. The van der Waals surface area contributed by atoms with Crippen LogP contribution in [0.5, 0.6) is 0 Å². The zero-order valence-electron chi connectivity index (χ0n) is 32.9. The molecule has 12 aromatic rings. The number of hydrogen-bond donors (Lipinski definition) is 0. The number of rotatable bonds is 6. The molecule has 282 valence electrons. The SMILES string of the molecule is Cc1ccc(N(c2ccc(-c3cc4c5ccccc5oc4c4ccccc34)cc2)c2cccc(-c3ccc(-c4cc5c6ccccc6sc5c5ccccc45)cc3)c2)cc1. The minimum absolute atomic E-state index is 0.912. The molecule has 2 nitrogen and oxygen atoms in total. The Morgan fingerprint density at radius 2 is 0.917 bits per heavy atom. The van der Waals surface area contributed by atoms with E-state index in [2.05, 4.69) is 212 Å². The summed E-state index contributed by atoms with van der Waals surface area (Å²) >= 11 is 1.89. The third-order valence-electron chi connectivity index (χ3n) is 12.1. The van der Waals surface area contributed by atoms with Crippen molar-refractivity contribution in [3.8, 4) is 33.4 Å². The Morgan fingerprint density at radius 1 is 0.367 bits per heavy atom. The summed E-state index contributed by atoms with van der Waals surface area (Å²) in [6, 6.07) is 75.1. The van der Waals surface area contributed by atoms with Gasteiger partial charge < -0.3 is 9.32 Å². The van der Waals surface area contributed by atoms with E-state index in [1.54, 1.807) is 0 Å². The van der Waals surface area contributed by atoms with Crippen LogP contribution in [-0.4, -0.2) is 0 Å². The van der Waals surface area contributed by atoms with Crippen molar-refractivity contribution >= 4 is 92.1 Å². The van der Waals surface area contributed by atoms with Gasteiger partial charge in [0.2, 0.25) is 0 Å². The number of anilines is 3. The smallest absolute Gasteiger partial charge is 0.143 e. The van der Waals surface area contributed by atoms with Gasteiger partial charge in [-0.05, 0) is 112 Å². The molecule has 0 radical (unpaired) electrons. The number of fused-ring (bicyclic) bond motifs is 10. The second kappa shape index (κ2) is 13.8. The van der Waals surface area contributed by atoms with Gasteiger partial charge in [0, 0.05) is 58.8 Å². The zero-order valence-corrected chi connectivity index (χ0v) is 33.7. The molecular weight excluding hydrogens is 747 g/mol. The fourth-order valence-corrected chi connectivity index (χ4v) is 10.4. The van der Waals surface area contributed by atoms with E-state index in [1.807, 2.05) is 17.4 Å². The number of benzene rings is 10. The Kier molecular flexibility index (Phi) is 7.97. The lowest BCUT2D eigenvalue weighted by molar-refractivity contribution is 0.672. The fraction of sp³-hybridized carbons (Fsp3) is 0.0175. The molecule has 0 N–H and O–H groups in total. The number of furan rings is 1. The van der Waals surface area contributed by atoms with E-state index in [1.165, 1.54) is 75.3 Å². The maximum atomic E-state index is 6.41. The topological polar surface area (TPSA) is 16.4 Å². The number of thiophene rings is 1. The highest BCUT2D eigenvalue weighted by Gasteiger charge is 2.18. The summed E-state index contributed by atoms with van der Waals surface area (Å²) in [6.45, 7) is 2.14. The van der Waals surface area contributed by atoms with E-state index in [4.69, 9.17) is 4.42 Å². The minimum Gasteiger partial charge on any atom is -0.455 e. The van der Waals surface area contributed by atoms with Crippen LogP contribution in [0.15, 0.2) is 211 Å². The van der Waals surface area contributed by atoms with Gasteiger partial charge in [-0.25, -0.2) is 0 Å². The Morgan fingerprint density at radius 3 is 1.65 bits per heavy atom. The summed E-state index contributed by atoms with van der Waals surface area (Å²) in [5.41, 5.74) is 13.6. The molecule has 0 aliphatic rings. The van der Waals surface area contributed by atoms with Gasteiger partial charge in [-0.15, -0.1) is 11.3 Å². The molecule has 2 aromatic heterocycles. The molecule has 0 aliphatic heterocycles. The molecule has 0 amide bonds. The highest BCUT2D eigenvalue weighted by molar-refractivity contribution is 7.26. The van der Waals surface area contributed by atoms with Crippen molar-refractivity contribution in [1.29, 1.82) is 0 Å². The maximum Gasteiger partial charge on any atom is 0.143 e. The predicted octanol–water partition coefficient (Wildman–Crippen LogP) is 17.0. The third kappa shape index (κ3) is 5.62. The normalized spacial score (nSPS) is 11.8. The largest absolute Gasteiger partial charge is 0.455 e. The lowest BCUT2D eigenvalue weighted by Gasteiger charge is -2.26. The molecule has 0 spiro atoms. The molecule has 0 saturated heterocycles. The Labute approximate surface area is 351 Å². The lowest BCUT2D eigenvalue weighted by Crippen LogP contribution is -2.10. The monoisotopic (exact) mass is 783 g/mol. The summed E-state index contributed by atoms with van der Waals surface area (Å²) in [5.74, 6) is 0. The van der Waals surface area contributed by atoms with Crippen LogP contribution in [0.3, 0.4) is 0 Å². The van der Waals surface area contributed by atoms with Crippen LogP contribution >= 0.6 is 11.3 Å². The van der Waals surface area contributed by atoms with Gasteiger partial charge in [-0.1, -0.05) is 151 Å². The molecule has 0 fully saturated rings. The van der Waals surface area contributed by atoms with Gasteiger partial charge in [0.1, 0.15) is 11.2 Å². The molecule has 0 unspecified atom stereocenters. The van der Waals surface area contributed by atoms with Crippen molar-refractivity contribution in [3.05, 3.63) is 212 Å². The molecular formula is C57H37NOS. The number of para-hydroxylation sites is 1. The van der Waals surface area contributed by atoms with E-state index in [-0.39, 0.29) is 0 Å². The summed E-state index contributed by atoms with van der Waals surface area (Å²) in [7, 11) is 0. The van der Waals surface area contributed by atoms with Crippen LogP contribution < -0.4 is 4.90 Å². The molecule has 3 heteroatoms. The first kappa shape index (κ1) is 34.6. The third-order valence-corrected chi connectivity index (χ3v) is 13.4. The Balaban J connectivity index is 0.928. The average molecular weight is 784 g/mol. The van der Waals surface area contributed by atoms with E-state index in [0.717, 1.165) is 44.4 Å². The van der Waals surface area contributed by atoms with Gasteiger partial charge in [0.15, 0.2) is 0 Å². The van der Waals surface area contributed by atoms with Crippen molar-refractivity contribution in [3.63, 3.8) is 0 Å². The molecule has 60 heavy (non-hydrogen) atoms. The predicted molar refractivity (Wildman–Crippen MR) is 257 cm³/mol. The van der Waals surface area contributed by atoms with Crippen LogP contribution in [0.1, 0.15) is 5.56 Å². The van der Waals surface area contributed by atoms with Gasteiger partial charge in [0.25, 0.3) is 0 Å². The Hall–Kier alpha value is -7.46. The average Bonchev–Trinajstić information content (AvgIpc) is 3.89. The molecule has 0 atom stereocenters. The maximum absolute atomic E-state index is 6.41. The zero-order chi connectivity index (χ0) is 39.7. The van der Waals surface area contributed by atoms with Gasteiger partial charge in [-0.3, -0.25) is 0 Å². The summed E-state index contributed by atoms with van der Waals surface area (Å²) < 4.78 is 9.10. The van der Waals surface area contributed by atoms with Crippen molar-refractivity contribution in [2.75, 3.05) is 4.90 Å². The van der Waals surface area contributed by atoms with Gasteiger partial charge in [-0.2, -0.15) is 0 Å². The fourth-order valence-electron chi connectivity index (χ4n) is 9.17. The van der Waals surface area contributed by atoms with Crippen molar-refractivity contribution in [2.45, 2.75) is 6.92 Å². The number of nitrogens with zero attached hydrogens (tertiary/aromatic N) is 1. The second-order valence-corrected chi connectivity index (χ2v) is 16.8. The number of aryl methyl sites for hydroxylation is 1. The van der Waals surface area contributed by atoms with E-state index < -0.39 is 0 Å². The molecule has 2 heterocycles. The Bertz CT molecular complexity index is 3590. The molecule has 12 rings (SSSR count). The first-order valence-electron chi connectivity index (χ1n) is 20.5. The van der Waals surface area contributed by atoms with E-state index in [0.29, 0.717) is 0 Å². The van der Waals surface area contributed by atoms with Crippen LogP contribution in [0.25, 0.3) is 97.0 Å². The number of hydrogen-bond acceptors (Lipinski definition) is 3.